The number of rotatable bonds is 3. The van der Waals surface area contributed by atoms with Crippen LogP contribution in [0.3, 0.4) is 0 Å². The van der Waals surface area contributed by atoms with Crippen molar-refractivity contribution in [3.8, 4) is 0 Å². The summed E-state index contributed by atoms with van der Waals surface area (Å²) in [6.45, 7) is 0.628. The van der Waals surface area contributed by atoms with E-state index in [1.165, 1.54) is 0 Å². The van der Waals surface area contributed by atoms with Gasteiger partial charge in [-0.1, -0.05) is 11.6 Å². The molecule has 1 aliphatic heterocycles. The standard InChI is InChI=1S/C13H12ClN3OS/c14-8-5-10-7(4-13(18)17-10)3-11(8)16-6-12-9(15)1-2-19-12/h1-3,5,16H,4,6,15H2,(H,17,18). The smallest absolute Gasteiger partial charge is 0.228 e. The Hall–Kier alpha value is -1.72. The van der Waals surface area contributed by atoms with Crippen LogP contribution >= 0.6 is 22.9 Å². The van der Waals surface area contributed by atoms with Gasteiger partial charge >= 0.3 is 0 Å². The van der Waals surface area contributed by atoms with Crippen LogP contribution in [0.15, 0.2) is 23.6 Å². The van der Waals surface area contributed by atoms with Gasteiger partial charge in [-0.05, 0) is 29.1 Å². The zero-order valence-electron chi connectivity index (χ0n) is 10.00. The topological polar surface area (TPSA) is 67.2 Å². The predicted molar refractivity (Wildman–Crippen MR) is 79.8 cm³/mol. The fraction of sp³-hybridized carbons (Fsp3) is 0.154. The molecule has 1 amide bonds. The van der Waals surface area contributed by atoms with Gasteiger partial charge in [0.1, 0.15) is 0 Å². The van der Waals surface area contributed by atoms with Crippen molar-refractivity contribution in [3.63, 3.8) is 0 Å². The largest absolute Gasteiger partial charge is 0.398 e. The summed E-state index contributed by atoms with van der Waals surface area (Å²) in [6.07, 6.45) is 0.405. The summed E-state index contributed by atoms with van der Waals surface area (Å²) in [6, 6.07) is 5.58. The second kappa shape index (κ2) is 4.75. The monoisotopic (exact) mass is 293 g/mol. The number of anilines is 3. The molecule has 1 aliphatic rings. The lowest BCUT2D eigenvalue weighted by atomic mass is 10.1. The van der Waals surface area contributed by atoms with Crippen LogP contribution in [0, 0.1) is 0 Å². The van der Waals surface area contributed by atoms with Crippen molar-refractivity contribution >= 4 is 45.9 Å². The lowest BCUT2D eigenvalue weighted by Gasteiger charge is -2.10. The Bertz CT molecular complexity index is 653. The molecule has 0 fully saturated rings. The van der Waals surface area contributed by atoms with Crippen molar-refractivity contribution in [2.45, 2.75) is 13.0 Å². The first-order chi connectivity index (χ1) is 9.13. The van der Waals surface area contributed by atoms with E-state index in [2.05, 4.69) is 10.6 Å². The number of fused-ring (bicyclic) bond motifs is 1. The number of amides is 1. The van der Waals surface area contributed by atoms with Crippen molar-refractivity contribution in [1.82, 2.24) is 0 Å². The summed E-state index contributed by atoms with van der Waals surface area (Å²) in [5.74, 6) is 0.00529. The molecule has 0 unspecified atom stereocenters. The third-order valence-corrected chi connectivity index (χ3v) is 4.29. The van der Waals surface area contributed by atoms with Crippen LogP contribution in [0.25, 0.3) is 0 Å². The molecular weight excluding hydrogens is 282 g/mol. The molecule has 2 aromatic rings. The molecule has 98 valence electrons. The second-order valence-electron chi connectivity index (χ2n) is 4.37. The van der Waals surface area contributed by atoms with Crippen LogP contribution < -0.4 is 16.4 Å². The number of nitrogens with two attached hydrogens (primary N) is 1. The van der Waals surface area contributed by atoms with Gasteiger partial charge in [-0.2, -0.15) is 0 Å². The number of carbonyl (C=O) groups excluding carboxylic acids is 1. The van der Waals surface area contributed by atoms with Crippen LogP contribution in [-0.4, -0.2) is 5.91 Å². The van der Waals surface area contributed by atoms with Crippen LogP contribution in [0.5, 0.6) is 0 Å². The summed E-state index contributed by atoms with van der Waals surface area (Å²) >= 11 is 7.80. The van der Waals surface area contributed by atoms with E-state index in [1.54, 1.807) is 17.4 Å². The maximum Gasteiger partial charge on any atom is 0.228 e. The molecule has 19 heavy (non-hydrogen) atoms. The number of carbonyl (C=O) groups is 1. The minimum atomic E-state index is 0.00529. The zero-order valence-corrected chi connectivity index (χ0v) is 11.6. The number of hydrogen-bond donors (Lipinski definition) is 3. The average molecular weight is 294 g/mol. The van der Waals surface area contributed by atoms with Crippen LogP contribution in [0.1, 0.15) is 10.4 Å². The van der Waals surface area contributed by atoms with E-state index in [-0.39, 0.29) is 5.91 Å². The van der Waals surface area contributed by atoms with Gasteiger partial charge in [0.15, 0.2) is 0 Å². The predicted octanol–water partition coefficient (Wildman–Crippen LogP) is 3.09. The van der Waals surface area contributed by atoms with Gasteiger partial charge in [-0.15, -0.1) is 11.3 Å². The number of thiophene rings is 1. The van der Waals surface area contributed by atoms with Gasteiger partial charge in [-0.25, -0.2) is 0 Å². The Kier molecular flexibility index (Phi) is 3.08. The van der Waals surface area contributed by atoms with Gasteiger partial charge in [0, 0.05) is 16.3 Å². The van der Waals surface area contributed by atoms with Gasteiger partial charge in [0.25, 0.3) is 0 Å². The first-order valence-corrected chi connectivity index (χ1v) is 7.07. The number of halogens is 1. The van der Waals surface area contributed by atoms with Gasteiger partial charge in [0.2, 0.25) is 5.91 Å². The molecule has 0 saturated heterocycles. The molecular formula is C13H12ClN3OS. The molecule has 0 aliphatic carbocycles. The molecule has 4 N–H and O–H groups in total. The maximum atomic E-state index is 11.3. The Labute approximate surface area is 119 Å². The SMILES string of the molecule is Nc1ccsc1CNc1cc2c(cc1Cl)NC(=O)C2. The molecule has 1 aromatic carbocycles. The molecule has 1 aromatic heterocycles. The first kappa shape index (κ1) is 12.3. The number of hydrogen-bond acceptors (Lipinski definition) is 4. The third kappa shape index (κ3) is 2.39. The fourth-order valence-electron chi connectivity index (χ4n) is 2.05. The molecule has 2 heterocycles. The lowest BCUT2D eigenvalue weighted by Crippen LogP contribution is -2.03. The number of benzene rings is 1. The zero-order chi connectivity index (χ0) is 13.4. The molecule has 3 rings (SSSR count). The van der Waals surface area contributed by atoms with E-state index in [0.717, 1.165) is 27.5 Å². The Morgan fingerprint density at radius 1 is 1.47 bits per heavy atom. The van der Waals surface area contributed by atoms with Crippen molar-refractivity contribution in [2.75, 3.05) is 16.4 Å². The second-order valence-corrected chi connectivity index (χ2v) is 5.77. The highest BCUT2D eigenvalue weighted by atomic mass is 35.5. The molecule has 0 atom stereocenters. The summed E-state index contributed by atoms with van der Waals surface area (Å²) in [5, 5.41) is 8.59. The number of nitrogen functional groups attached to an aromatic ring is 1. The summed E-state index contributed by atoms with van der Waals surface area (Å²) in [4.78, 5) is 12.4. The minimum Gasteiger partial charge on any atom is -0.398 e. The lowest BCUT2D eigenvalue weighted by molar-refractivity contribution is -0.115. The van der Waals surface area contributed by atoms with Crippen molar-refractivity contribution in [2.24, 2.45) is 0 Å². The Morgan fingerprint density at radius 2 is 2.32 bits per heavy atom. The Morgan fingerprint density at radius 3 is 3.05 bits per heavy atom. The quantitative estimate of drug-likeness (QED) is 0.814. The molecule has 6 heteroatoms. The molecule has 0 radical (unpaired) electrons. The van der Waals surface area contributed by atoms with Gasteiger partial charge in [0.05, 0.1) is 23.7 Å². The van der Waals surface area contributed by atoms with Crippen LogP contribution in [-0.2, 0) is 17.8 Å². The van der Waals surface area contributed by atoms with Crippen LogP contribution in [0.2, 0.25) is 5.02 Å². The van der Waals surface area contributed by atoms with E-state index < -0.39 is 0 Å². The maximum absolute atomic E-state index is 11.3. The van der Waals surface area contributed by atoms with E-state index in [4.69, 9.17) is 17.3 Å². The minimum absolute atomic E-state index is 0.00529. The average Bonchev–Trinajstić information content (AvgIpc) is 2.91. The van der Waals surface area contributed by atoms with Crippen molar-refractivity contribution < 1.29 is 4.79 Å². The third-order valence-electron chi connectivity index (χ3n) is 3.04. The van der Waals surface area contributed by atoms with Gasteiger partial charge in [-0.3, -0.25) is 4.79 Å². The number of nitrogens with one attached hydrogen (secondary N) is 2. The van der Waals surface area contributed by atoms with E-state index in [1.807, 2.05) is 17.5 Å². The fourth-order valence-corrected chi connectivity index (χ4v) is 3.02. The van der Waals surface area contributed by atoms with E-state index in [0.29, 0.717) is 18.0 Å². The summed E-state index contributed by atoms with van der Waals surface area (Å²) in [5.41, 5.74) is 9.21. The normalized spacial score (nSPS) is 13.2. The molecule has 0 bridgehead atoms. The Balaban J connectivity index is 1.80. The molecule has 0 saturated carbocycles. The molecule has 4 nitrogen and oxygen atoms in total. The van der Waals surface area contributed by atoms with E-state index >= 15 is 0 Å². The first-order valence-electron chi connectivity index (χ1n) is 5.81. The molecule has 0 spiro atoms. The van der Waals surface area contributed by atoms with Crippen molar-refractivity contribution in [1.29, 1.82) is 0 Å². The summed E-state index contributed by atoms with van der Waals surface area (Å²) in [7, 11) is 0. The van der Waals surface area contributed by atoms with E-state index in [9.17, 15) is 4.79 Å². The highest BCUT2D eigenvalue weighted by Gasteiger charge is 2.19. The van der Waals surface area contributed by atoms with Crippen molar-refractivity contribution in [3.05, 3.63) is 39.0 Å². The van der Waals surface area contributed by atoms with Gasteiger partial charge < -0.3 is 16.4 Å². The summed E-state index contributed by atoms with van der Waals surface area (Å²) < 4.78 is 0. The van der Waals surface area contributed by atoms with Crippen LogP contribution in [0.4, 0.5) is 17.1 Å². The highest BCUT2D eigenvalue weighted by Crippen LogP contribution is 2.33. The highest BCUT2D eigenvalue weighted by molar-refractivity contribution is 7.10.